The summed E-state index contributed by atoms with van der Waals surface area (Å²) >= 11 is 0. The minimum Gasteiger partial charge on any atom is -0.436 e. The standard InChI is InChI=1S/C21H20N4O4/c1-12-15(19(27)25-21(28)22-12)9-10-18(26)23-14-6-4-5-13(11-14)20-24-16-7-2-3-8-17(16)29-20/h2-8,11-12,15H,9-10H2,1H3,(H,23,26)(H2,22,25,27,28). The van der Waals surface area contributed by atoms with E-state index in [1.54, 1.807) is 19.1 Å². The van der Waals surface area contributed by atoms with Gasteiger partial charge in [-0.15, -0.1) is 0 Å². The molecule has 148 valence electrons. The SMILES string of the molecule is CC1NC(=O)NC(=O)C1CCC(=O)Nc1cccc(-c2nc3ccccc3o2)c1. The monoisotopic (exact) mass is 392 g/mol. The molecule has 0 saturated carbocycles. The molecule has 3 N–H and O–H groups in total. The van der Waals surface area contributed by atoms with E-state index >= 15 is 0 Å². The first-order valence-corrected chi connectivity index (χ1v) is 9.37. The van der Waals surface area contributed by atoms with Crippen molar-refractivity contribution in [2.75, 3.05) is 5.32 Å². The Morgan fingerprint density at radius 2 is 2.00 bits per heavy atom. The van der Waals surface area contributed by atoms with Crippen molar-refractivity contribution >= 4 is 34.6 Å². The van der Waals surface area contributed by atoms with Gasteiger partial charge >= 0.3 is 6.03 Å². The van der Waals surface area contributed by atoms with E-state index in [-0.39, 0.29) is 24.3 Å². The molecule has 8 heteroatoms. The third-order valence-corrected chi connectivity index (χ3v) is 4.91. The number of nitrogens with zero attached hydrogens (tertiary/aromatic N) is 1. The van der Waals surface area contributed by atoms with Gasteiger partial charge in [-0.25, -0.2) is 9.78 Å². The summed E-state index contributed by atoms with van der Waals surface area (Å²) in [7, 11) is 0. The fourth-order valence-electron chi connectivity index (χ4n) is 3.39. The molecule has 3 aromatic rings. The minimum absolute atomic E-state index is 0.158. The number of aromatic nitrogens is 1. The molecule has 0 aliphatic carbocycles. The normalized spacial score (nSPS) is 18.9. The van der Waals surface area contributed by atoms with Gasteiger partial charge in [0.05, 0.1) is 5.92 Å². The number of benzene rings is 2. The van der Waals surface area contributed by atoms with E-state index in [9.17, 15) is 14.4 Å². The lowest BCUT2D eigenvalue weighted by Crippen LogP contribution is -2.57. The average Bonchev–Trinajstić information content (AvgIpc) is 3.11. The van der Waals surface area contributed by atoms with Crippen LogP contribution >= 0.6 is 0 Å². The van der Waals surface area contributed by atoms with E-state index in [0.717, 1.165) is 11.1 Å². The number of hydrogen-bond acceptors (Lipinski definition) is 5. The number of nitrogens with one attached hydrogen (secondary N) is 3. The molecular weight excluding hydrogens is 372 g/mol. The van der Waals surface area contributed by atoms with Gasteiger partial charge in [-0.1, -0.05) is 18.2 Å². The summed E-state index contributed by atoms with van der Waals surface area (Å²) < 4.78 is 5.77. The fourth-order valence-corrected chi connectivity index (χ4v) is 3.39. The van der Waals surface area contributed by atoms with E-state index < -0.39 is 11.9 Å². The second kappa shape index (κ2) is 7.75. The van der Waals surface area contributed by atoms with Gasteiger partial charge < -0.3 is 15.1 Å². The molecule has 0 radical (unpaired) electrons. The van der Waals surface area contributed by atoms with Gasteiger partial charge in [0.25, 0.3) is 0 Å². The number of hydrogen-bond donors (Lipinski definition) is 3. The summed E-state index contributed by atoms with van der Waals surface area (Å²) in [5, 5.41) is 7.72. The average molecular weight is 392 g/mol. The Labute approximate surface area is 166 Å². The van der Waals surface area contributed by atoms with Crippen molar-refractivity contribution in [2.24, 2.45) is 5.92 Å². The Morgan fingerprint density at radius 3 is 2.79 bits per heavy atom. The van der Waals surface area contributed by atoms with Crippen molar-refractivity contribution in [3.05, 3.63) is 48.5 Å². The Kier molecular flexibility index (Phi) is 4.99. The van der Waals surface area contributed by atoms with Gasteiger partial charge in [0.2, 0.25) is 17.7 Å². The maximum Gasteiger partial charge on any atom is 0.321 e. The first-order chi connectivity index (χ1) is 14.0. The zero-order valence-electron chi connectivity index (χ0n) is 15.8. The highest BCUT2D eigenvalue weighted by atomic mass is 16.3. The predicted molar refractivity (Wildman–Crippen MR) is 107 cm³/mol. The molecule has 1 saturated heterocycles. The van der Waals surface area contributed by atoms with Crippen molar-refractivity contribution in [2.45, 2.75) is 25.8 Å². The second-order valence-corrected chi connectivity index (χ2v) is 7.01. The molecule has 2 unspecified atom stereocenters. The molecule has 0 spiro atoms. The zero-order chi connectivity index (χ0) is 20.4. The summed E-state index contributed by atoms with van der Waals surface area (Å²) in [6.45, 7) is 1.75. The topological polar surface area (TPSA) is 113 Å². The van der Waals surface area contributed by atoms with Crippen LogP contribution in [0.1, 0.15) is 19.8 Å². The summed E-state index contributed by atoms with van der Waals surface area (Å²) in [5.74, 6) is -0.529. The summed E-state index contributed by atoms with van der Waals surface area (Å²) in [6.07, 6.45) is 0.495. The molecule has 2 heterocycles. The molecular formula is C21H20N4O4. The van der Waals surface area contributed by atoms with E-state index in [1.807, 2.05) is 36.4 Å². The van der Waals surface area contributed by atoms with Crippen molar-refractivity contribution in [1.82, 2.24) is 15.6 Å². The molecule has 4 amide bonds. The van der Waals surface area contributed by atoms with Gasteiger partial charge in [0.15, 0.2) is 5.58 Å². The number of fused-ring (bicyclic) bond motifs is 1. The second-order valence-electron chi connectivity index (χ2n) is 7.01. The molecule has 0 bridgehead atoms. The lowest BCUT2D eigenvalue weighted by Gasteiger charge is -2.28. The minimum atomic E-state index is -0.501. The van der Waals surface area contributed by atoms with Crippen LogP contribution in [0.25, 0.3) is 22.6 Å². The number of urea groups is 1. The Bertz CT molecular complexity index is 1060. The van der Waals surface area contributed by atoms with Gasteiger partial charge in [0, 0.05) is 23.7 Å². The molecule has 1 aliphatic rings. The molecule has 1 fully saturated rings. The third-order valence-electron chi connectivity index (χ3n) is 4.91. The van der Waals surface area contributed by atoms with Gasteiger partial charge in [-0.3, -0.25) is 14.9 Å². The van der Waals surface area contributed by atoms with Crippen molar-refractivity contribution in [3.8, 4) is 11.5 Å². The van der Waals surface area contributed by atoms with Gasteiger partial charge in [-0.05, 0) is 43.7 Å². The first-order valence-electron chi connectivity index (χ1n) is 9.37. The van der Waals surface area contributed by atoms with E-state index in [0.29, 0.717) is 23.6 Å². The smallest absolute Gasteiger partial charge is 0.321 e. The quantitative estimate of drug-likeness (QED) is 0.618. The van der Waals surface area contributed by atoms with Crippen molar-refractivity contribution in [1.29, 1.82) is 0 Å². The number of imide groups is 1. The maximum absolute atomic E-state index is 12.4. The highest BCUT2D eigenvalue weighted by molar-refractivity contribution is 5.99. The highest BCUT2D eigenvalue weighted by Crippen LogP contribution is 2.26. The van der Waals surface area contributed by atoms with Crippen LogP contribution in [0.2, 0.25) is 0 Å². The zero-order valence-corrected chi connectivity index (χ0v) is 15.8. The van der Waals surface area contributed by atoms with Crippen molar-refractivity contribution in [3.63, 3.8) is 0 Å². The lowest BCUT2D eigenvalue weighted by molar-refractivity contribution is -0.126. The lowest BCUT2D eigenvalue weighted by atomic mass is 9.93. The molecule has 8 nitrogen and oxygen atoms in total. The largest absolute Gasteiger partial charge is 0.436 e. The highest BCUT2D eigenvalue weighted by Gasteiger charge is 2.32. The first kappa shape index (κ1) is 18.7. The van der Waals surface area contributed by atoms with Crippen LogP contribution in [0.15, 0.2) is 52.9 Å². The van der Waals surface area contributed by atoms with Crippen LogP contribution in [-0.2, 0) is 9.59 Å². The fraction of sp³-hybridized carbons (Fsp3) is 0.238. The Hall–Kier alpha value is -3.68. The van der Waals surface area contributed by atoms with Crippen LogP contribution in [0.3, 0.4) is 0 Å². The number of amides is 4. The number of rotatable bonds is 5. The maximum atomic E-state index is 12.4. The molecule has 29 heavy (non-hydrogen) atoms. The molecule has 1 aromatic heterocycles. The van der Waals surface area contributed by atoms with Crippen molar-refractivity contribution < 1.29 is 18.8 Å². The van der Waals surface area contributed by atoms with Crippen LogP contribution in [0.4, 0.5) is 10.5 Å². The summed E-state index contributed by atoms with van der Waals surface area (Å²) in [6, 6.07) is 13.9. The molecule has 2 atom stereocenters. The van der Waals surface area contributed by atoms with Crippen LogP contribution in [-0.4, -0.2) is 28.9 Å². The van der Waals surface area contributed by atoms with Crippen LogP contribution < -0.4 is 16.0 Å². The molecule has 1 aliphatic heterocycles. The number of para-hydroxylation sites is 2. The Morgan fingerprint density at radius 1 is 1.17 bits per heavy atom. The third kappa shape index (κ3) is 4.11. The van der Waals surface area contributed by atoms with Gasteiger partial charge in [0.1, 0.15) is 5.52 Å². The number of carbonyl (C=O) groups is 3. The number of carbonyl (C=O) groups excluding carboxylic acids is 3. The Balaban J connectivity index is 1.40. The molecule has 2 aromatic carbocycles. The summed E-state index contributed by atoms with van der Waals surface area (Å²) in [5.41, 5.74) is 2.83. The molecule has 4 rings (SSSR count). The predicted octanol–water partition coefficient (Wildman–Crippen LogP) is 3.06. The van der Waals surface area contributed by atoms with Crippen LogP contribution in [0, 0.1) is 5.92 Å². The van der Waals surface area contributed by atoms with E-state index in [2.05, 4.69) is 20.9 Å². The van der Waals surface area contributed by atoms with E-state index in [4.69, 9.17) is 4.42 Å². The summed E-state index contributed by atoms with van der Waals surface area (Å²) in [4.78, 5) is 40.0. The number of oxazole rings is 1. The van der Waals surface area contributed by atoms with Crippen LogP contribution in [0.5, 0.6) is 0 Å². The number of anilines is 1. The van der Waals surface area contributed by atoms with E-state index in [1.165, 1.54) is 0 Å². The van der Waals surface area contributed by atoms with Gasteiger partial charge in [-0.2, -0.15) is 0 Å².